The van der Waals surface area contributed by atoms with Crippen molar-refractivity contribution < 1.29 is 8.42 Å². The molecule has 0 heterocycles. The standard InChI is InChI=1S/C14H24N2O2S2/c1-5-15-10-13-8-6-7-9-14(13)20(17,18)16(3)12(2)11-19-4/h6-9,12,15H,5,10-11H2,1-4H3. The van der Waals surface area contributed by atoms with E-state index in [-0.39, 0.29) is 6.04 Å². The summed E-state index contributed by atoms with van der Waals surface area (Å²) < 4.78 is 26.9. The van der Waals surface area contributed by atoms with Gasteiger partial charge in [0.2, 0.25) is 10.0 Å². The average Bonchev–Trinajstić information content (AvgIpc) is 2.44. The summed E-state index contributed by atoms with van der Waals surface area (Å²) in [5.41, 5.74) is 0.817. The second kappa shape index (κ2) is 8.02. The van der Waals surface area contributed by atoms with Gasteiger partial charge in [-0.2, -0.15) is 16.1 Å². The maximum atomic E-state index is 12.7. The zero-order valence-corrected chi connectivity index (χ0v) is 14.2. The first-order valence-corrected chi connectivity index (χ1v) is 9.54. The van der Waals surface area contributed by atoms with Crippen LogP contribution < -0.4 is 5.32 Å². The van der Waals surface area contributed by atoms with Crippen molar-refractivity contribution in [2.75, 3.05) is 25.6 Å². The van der Waals surface area contributed by atoms with Gasteiger partial charge in [-0.3, -0.25) is 0 Å². The Balaban J connectivity index is 3.08. The summed E-state index contributed by atoms with van der Waals surface area (Å²) in [5, 5.41) is 3.18. The van der Waals surface area contributed by atoms with Crippen LogP contribution in [0, 0.1) is 0 Å². The maximum absolute atomic E-state index is 12.7. The van der Waals surface area contributed by atoms with Gasteiger partial charge in [-0.1, -0.05) is 25.1 Å². The van der Waals surface area contributed by atoms with Crippen LogP contribution in [0.25, 0.3) is 0 Å². The van der Waals surface area contributed by atoms with Gasteiger partial charge in [0.05, 0.1) is 4.90 Å². The number of nitrogens with one attached hydrogen (secondary N) is 1. The van der Waals surface area contributed by atoms with Crippen LogP contribution in [0.2, 0.25) is 0 Å². The molecular formula is C14H24N2O2S2. The highest BCUT2D eigenvalue weighted by molar-refractivity contribution is 7.98. The fourth-order valence-corrected chi connectivity index (χ4v) is 4.28. The van der Waals surface area contributed by atoms with Gasteiger partial charge < -0.3 is 5.32 Å². The van der Waals surface area contributed by atoms with E-state index in [2.05, 4.69) is 5.32 Å². The zero-order chi connectivity index (χ0) is 15.2. The highest BCUT2D eigenvalue weighted by Crippen LogP contribution is 2.21. The van der Waals surface area contributed by atoms with Crippen LogP contribution in [-0.2, 0) is 16.6 Å². The Morgan fingerprint density at radius 1 is 1.35 bits per heavy atom. The first-order chi connectivity index (χ1) is 9.45. The van der Waals surface area contributed by atoms with Gasteiger partial charge in [-0.25, -0.2) is 8.42 Å². The number of thioether (sulfide) groups is 1. The number of rotatable bonds is 8. The van der Waals surface area contributed by atoms with E-state index in [4.69, 9.17) is 0 Å². The molecule has 1 aromatic rings. The molecule has 1 rings (SSSR count). The molecule has 0 radical (unpaired) electrons. The van der Waals surface area contributed by atoms with Crippen molar-refractivity contribution >= 4 is 21.8 Å². The highest BCUT2D eigenvalue weighted by atomic mass is 32.2. The molecule has 0 aliphatic heterocycles. The minimum Gasteiger partial charge on any atom is -0.313 e. The molecule has 0 saturated carbocycles. The topological polar surface area (TPSA) is 49.4 Å². The molecule has 1 unspecified atom stereocenters. The number of benzene rings is 1. The molecule has 0 aliphatic carbocycles. The quantitative estimate of drug-likeness (QED) is 0.798. The van der Waals surface area contributed by atoms with Crippen molar-refractivity contribution in [3.63, 3.8) is 0 Å². The van der Waals surface area contributed by atoms with E-state index >= 15 is 0 Å². The molecule has 20 heavy (non-hydrogen) atoms. The van der Waals surface area contributed by atoms with Crippen LogP contribution in [0.1, 0.15) is 19.4 Å². The second-order valence-corrected chi connectivity index (χ2v) is 7.59. The molecule has 114 valence electrons. The predicted octanol–water partition coefficient (Wildman–Crippen LogP) is 2.17. The monoisotopic (exact) mass is 316 g/mol. The Bertz CT molecular complexity index is 518. The third-order valence-corrected chi connectivity index (χ3v) is 6.11. The van der Waals surface area contributed by atoms with Crippen molar-refractivity contribution in [3.05, 3.63) is 29.8 Å². The van der Waals surface area contributed by atoms with Crippen molar-refractivity contribution in [1.82, 2.24) is 9.62 Å². The fraction of sp³-hybridized carbons (Fsp3) is 0.571. The number of hydrogen-bond acceptors (Lipinski definition) is 4. The molecule has 1 N–H and O–H groups in total. The van der Waals surface area contributed by atoms with E-state index in [0.29, 0.717) is 11.4 Å². The summed E-state index contributed by atoms with van der Waals surface area (Å²) in [6, 6.07) is 7.17. The molecule has 6 heteroatoms. The van der Waals surface area contributed by atoms with Gasteiger partial charge in [0.15, 0.2) is 0 Å². The Labute approximate surface area is 127 Å². The molecule has 4 nitrogen and oxygen atoms in total. The molecule has 1 atom stereocenters. The van der Waals surface area contributed by atoms with Crippen molar-refractivity contribution in [1.29, 1.82) is 0 Å². The first-order valence-electron chi connectivity index (χ1n) is 6.70. The second-order valence-electron chi connectivity index (χ2n) is 4.71. The van der Waals surface area contributed by atoms with Gasteiger partial charge >= 0.3 is 0 Å². The van der Waals surface area contributed by atoms with Crippen molar-refractivity contribution in [2.45, 2.75) is 31.3 Å². The lowest BCUT2D eigenvalue weighted by atomic mass is 10.2. The van der Waals surface area contributed by atoms with E-state index in [0.717, 1.165) is 17.9 Å². The summed E-state index contributed by atoms with van der Waals surface area (Å²) in [4.78, 5) is 0.399. The molecule has 0 bridgehead atoms. The van der Waals surface area contributed by atoms with E-state index < -0.39 is 10.0 Å². The molecule has 0 saturated heterocycles. The van der Waals surface area contributed by atoms with Gasteiger partial charge in [-0.05, 0) is 31.4 Å². The van der Waals surface area contributed by atoms with Crippen LogP contribution in [0.4, 0.5) is 0 Å². The van der Waals surface area contributed by atoms with Crippen LogP contribution in [0.3, 0.4) is 0 Å². The Hall–Kier alpha value is -0.560. The smallest absolute Gasteiger partial charge is 0.243 e. The minimum absolute atomic E-state index is 0.0257. The van der Waals surface area contributed by atoms with Gasteiger partial charge in [-0.15, -0.1) is 0 Å². The lowest BCUT2D eigenvalue weighted by Gasteiger charge is -2.25. The van der Waals surface area contributed by atoms with E-state index in [1.54, 1.807) is 30.9 Å². The van der Waals surface area contributed by atoms with E-state index in [1.165, 1.54) is 4.31 Å². The largest absolute Gasteiger partial charge is 0.313 e. The predicted molar refractivity (Wildman–Crippen MR) is 86.6 cm³/mol. The third-order valence-electron chi connectivity index (χ3n) is 3.22. The summed E-state index contributed by atoms with van der Waals surface area (Å²) >= 11 is 1.65. The zero-order valence-electron chi connectivity index (χ0n) is 12.6. The third kappa shape index (κ3) is 4.22. The Morgan fingerprint density at radius 3 is 2.60 bits per heavy atom. The van der Waals surface area contributed by atoms with E-state index in [9.17, 15) is 8.42 Å². The molecule has 1 aromatic carbocycles. The highest BCUT2D eigenvalue weighted by Gasteiger charge is 2.26. The van der Waals surface area contributed by atoms with Gasteiger partial charge in [0.1, 0.15) is 0 Å². The van der Waals surface area contributed by atoms with Crippen molar-refractivity contribution in [3.8, 4) is 0 Å². The first kappa shape index (κ1) is 17.5. The van der Waals surface area contributed by atoms with Gasteiger partial charge in [0.25, 0.3) is 0 Å². The SMILES string of the molecule is CCNCc1ccccc1S(=O)(=O)N(C)C(C)CSC. The molecule has 0 aromatic heterocycles. The lowest BCUT2D eigenvalue weighted by Crippen LogP contribution is -2.37. The fourth-order valence-electron chi connectivity index (χ4n) is 1.90. The van der Waals surface area contributed by atoms with Crippen LogP contribution >= 0.6 is 11.8 Å². The number of nitrogens with zero attached hydrogens (tertiary/aromatic N) is 1. The van der Waals surface area contributed by atoms with Gasteiger partial charge in [0, 0.05) is 25.4 Å². The Kier molecular flexibility index (Phi) is 7.02. The number of sulfonamides is 1. The summed E-state index contributed by atoms with van der Waals surface area (Å²) in [6.45, 7) is 5.31. The molecule has 0 aliphatic rings. The molecule has 0 fully saturated rings. The molecule has 0 spiro atoms. The van der Waals surface area contributed by atoms with Crippen LogP contribution in [-0.4, -0.2) is 44.4 Å². The van der Waals surface area contributed by atoms with Crippen LogP contribution in [0.15, 0.2) is 29.2 Å². The summed E-state index contributed by atoms with van der Waals surface area (Å²) in [5.74, 6) is 0.783. The lowest BCUT2D eigenvalue weighted by molar-refractivity contribution is 0.414. The normalized spacial score (nSPS) is 13.7. The Morgan fingerprint density at radius 2 is 2.00 bits per heavy atom. The molecular weight excluding hydrogens is 292 g/mol. The average molecular weight is 316 g/mol. The summed E-state index contributed by atoms with van der Waals surface area (Å²) in [7, 11) is -1.79. The molecule has 0 amide bonds. The minimum atomic E-state index is -3.44. The summed E-state index contributed by atoms with van der Waals surface area (Å²) in [6.07, 6.45) is 1.98. The van der Waals surface area contributed by atoms with E-state index in [1.807, 2.05) is 32.2 Å². The van der Waals surface area contributed by atoms with Crippen LogP contribution in [0.5, 0.6) is 0 Å². The maximum Gasteiger partial charge on any atom is 0.243 e. The van der Waals surface area contributed by atoms with Crippen molar-refractivity contribution in [2.24, 2.45) is 0 Å². The number of hydrogen-bond donors (Lipinski definition) is 1.